The maximum atomic E-state index is 2.62. The number of rotatable bonds is 4. The van der Waals surface area contributed by atoms with E-state index in [1.54, 1.807) is 0 Å². The van der Waals surface area contributed by atoms with E-state index in [9.17, 15) is 0 Å². The van der Waals surface area contributed by atoms with Crippen molar-refractivity contribution in [1.29, 1.82) is 0 Å². The zero-order valence-corrected chi connectivity index (χ0v) is 44.1. The van der Waals surface area contributed by atoms with E-state index in [-0.39, 0.29) is 10.8 Å². The predicted octanol–water partition coefficient (Wildman–Crippen LogP) is 21.5. The molecule has 14 aromatic rings. The molecule has 14 aromatic carbocycles. The fourth-order valence-electron chi connectivity index (χ4n) is 14.9. The molecule has 0 saturated heterocycles. The molecule has 0 atom stereocenters. The second-order valence-electron chi connectivity index (χ2n) is 23.5. The highest BCUT2D eigenvalue weighted by atomic mass is 14.5. The first-order chi connectivity index (χ1) is 38.2. The van der Waals surface area contributed by atoms with Gasteiger partial charge in [0.25, 0.3) is 0 Å². The summed E-state index contributed by atoms with van der Waals surface area (Å²) in [4.78, 5) is 0. The fraction of sp³-hybridized carbons (Fsp3) is 0.0769. The van der Waals surface area contributed by atoms with Crippen LogP contribution >= 0.6 is 0 Å². The van der Waals surface area contributed by atoms with Crippen LogP contribution in [0.5, 0.6) is 0 Å². The molecule has 0 amide bonds. The third-order valence-electron chi connectivity index (χ3n) is 18.7. The van der Waals surface area contributed by atoms with Crippen molar-refractivity contribution in [2.24, 2.45) is 0 Å². The maximum absolute atomic E-state index is 2.62. The zero-order valence-electron chi connectivity index (χ0n) is 44.1. The van der Waals surface area contributed by atoms with Gasteiger partial charge in [0.1, 0.15) is 0 Å². The van der Waals surface area contributed by atoms with Gasteiger partial charge in [-0.1, -0.05) is 198 Å². The molecule has 0 spiro atoms. The lowest BCUT2D eigenvalue weighted by Gasteiger charge is -2.44. The van der Waals surface area contributed by atoms with Gasteiger partial charge in [0.2, 0.25) is 0 Å². The molecule has 0 aromatic heterocycles. The fourth-order valence-corrected chi connectivity index (χ4v) is 14.9. The molecular formula is C78H52. The Morgan fingerprint density at radius 3 is 0.679 bits per heavy atom. The van der Waals surface area contributed by atoms with Gasteiger partial charge in [0, 0.05) is 10.8 Å². The second-order valence-corrected chi connectivity index (χ2v) is 23.5. The van der Waals surface area contributed by atoms with E-state index in [0.717, 1.165) is 0 Å². The van der Waals surface area contributed by atoms with E-state index in [4.69, 9.17) is 0 Å². The normalized spacial score (nSPS) is 14.1. The van der Waals surface area contributed by atoms with Crippen molar-refractivity contribution >= 4 is 64.6 Å². The Balaban J connectivity index is 0.900. The van der Waals surface area contributed by atoms with Crippen molar-refractivity contribution in [3.63, 3.8) is 0 Å². The average molecular weight is 989 g/mol. The maximum Gasteiger partial charge on any atom is 0.0153 e. The SMILES string of the molecule is CC1(C)c2cc3c(cc2C(C)(C)c2cc4c(cc21)-c1cc(-c2cccc5ccccc25)cc2cc(-c5cccc6ccccc56)cc-4c12)-c1cc(-c2cccc4ccccc24)cc2cc(-c4cccc5ccccc45)cc-3c12. The molecule has 0 heteroatoms. The van der Waals surface area contributed by atoms with Crippen LogP contribution in [0.4, 0.5) is 0 Å². The van der Waals surface area contributed by atoms with Crippen molar-refractivity contribution in [3.8, 4) is 89.0 Å². The molecule has 0 fully saturated rings. The summed E-state index contributed by atoms with van der Waals surface area (Å²) in [6.07, 6.45) is 0. The van der Waals surface area contributed by atoms with Crippen LogP contribution in [-0.2, 0) is 10.8 Å². The van der Waals surface area contributed by atoms with Crippen LogP contribution in [0.3, 0.4) is 0 Å². The van der Waals surface area contributed by atoms with E-state index in [0.29, 0.717) is 0 Å². The van der Waals surface area contributed by atoms with Gasteiger partial charge < -0.3 is 0 Å². The molecule has 0 nitrogen and oxygen atoms in total. The zero-order chi connectivity index (χ0) is 51.8. The summed E-state index contributed by atoms with van der Waals surface area (Å²) in [7, 11) is 0. The minimum atomic E-state index is -0.311. The Bertz CT molecular complexity index is 4380. The summed E-state index contributed by atoms with van der Waals surface area (Å²) in [5, 5.41) is 15.4. The van der Waals surface area contributed by atoms with E-state index < -0.39 is 0 Å². The molecule has 0 N–H and O–H groups in total. The van der Waals surface area contributed by atoms with E-state index >= 15 is 0 Å². The largest absolute Gasteiger partial charge is 0.0616 e. The summed E-state index contributed by atoms with van der Waals surface area (Å²) in [6.45, 7) is 9.96. The molecule has 78 heavy (non-hydrogen) atoms. The minimum absolute atomic E-state index is 0.311. The Labute approximate surface area is 454 Å². The molecular weight excluding hydrogens is 937 g/mol. The molecule has 3 aliphatic carbocycles. The highest BCUT2D eigenvalue weighted by Gasteiger charge is 2.44. The van der Waals surface area contributed by atoms with Crippen LogP contribution in [-0.4, -0.2) is 0 Å². The van der Waals surface area contributed by atoms with E-state index in [2.05, 4.69) is 270 Å². The summed E-state index contributed by atoms with van der Waals surface area (Å²) >= 11 is 0. The molecule has 364 valence electrons. The van der Waals surface area contributed by atoms with Crippen LogP contribution < -0.4 is 0 Å². The molecule has 0 radical (unpaired) electrons. The topological polar surface area (TPSA) is 0 Å². The minimum Gasteiger partial charge on any atom is -0.0616 e. The molecule has 17 rings (SSSR count). The highest BCUT2D eigenvalue weighted by molar-refractivity contribution is 6.21. The third kappa shape index (κ3) is 6.01. The van der Waals surface area contributed by atoms with Crippen molar-refractivity contribution in [2.45, 2.75) is 38.5 Å². The molecule has 0 bridgehead atoms. The predicted molar refractivity (Wildman–Crippen MR) is 333 cm³/mol. The second kappa shape index (κ2) is 15.6. The van der Waals surface area contributed by atoms with Gasteiger partial charge >= 0.3 is 0 Å². The summed E-state index contributed by atoms with van der Waals surface area (Å²) in [5.74, 6) is 0. The molecule has 3 aliphatic rings. The van der Waals surface area contributed by atoms with Gasteiger partial charge in [0.15, 0.2) is 0 Å². The molecule has 0 heterocycles. The summed E-state index contributed by atoms with van der Waals surface area (Å²) < 4.78 is 0. The Morgan fingerprint density at radius 2 is 0.423 bits per heavy atom. The Hall–Kier alpha value is -9.36. The van der Waals surface area contributed by atoms with Crippen molar-refractivity contribution in [1.82, 2.24) is 0 Å². The van der Waals surface area contributed by atoms with Crippen molar-refractivity contribution < 1.29 is 0 Å². The monoisotopic (exact) mass is 988 g/mol. The van der Waals surface area contributed by atoms with Gasteiger partial charge in [-0.05, 0) is 249 Å². The van der Waals surface area contributed by atoms with Gasteiger partial charge in [0.05, 0.1) is 0 Å². The van der Waals surface area contributed by atoms with Gasteiger partial charge in [-0.2, -0.15) is 0 Å². The van der Waals surface area contributed by atoms with Crippen LogP contribution in [0.25, 0.3) is 154 Å². The number of fused-ring (bicyclic) bond motifs is 12. The van der Waals surface area contributed by atoms with Gasteiger partial charge in [-0.3, -0.25) is 0 Å². The number of hydrogen-bond donors (Lipinski definition) is 0. The van der Waals surface area contributed by atoms with E-state index in [1.165, 1.54) is 176 Å². The summed E-state index contributed by atoms with van der Waals surface area (Å²) in [6, 6.07) is 92.8. The standard InChI is InChI=1S/C78H52/c1-77(2)71-41-63-65(69-39-51(61-31-15-23-47-19-7-11-27-57(47)61)35-53-33-49(37-67(63)75(53)69)59-29-13-21-45-17-5-9-25-55(45)59)43-73(71)78(3,4)74-44-66-64(42-72(74)77)68-38-50(60-30-14-22-46-18-6-10-26-56(46)60)34-54-36-52(40-70(66)76(54)68)62-32-16-24-48-20-8-12-28-58(48)62/h5-44H,1-4H3. The van der Waals surface area contributed by atoms with Crippen LogP contribution in [0.2, 0.25) is 0 Å². The highest BCUT2D eigenvalue weighted by Crippen LogP contribution is 2.60. The number of hydrogen-bond acceptors (Lipinski definition) is 0. The number of benzene rings is 14. The molecule has 0 unspecified atom stereocenters. The van der Waals surface area contributed by atoms with E-state index in [1.807, 2.05) is 0 Å². The average Bonchev–Trinajstić information content (AvgIpc) is 3.79. The van der Waals surface area contributed by atoms with Gasteiger partial charge in [-0.15, -0.1) is 0 Å². The van der Waals surface area contributed by atoms with Crippen LogP contribution in [0.15, 0.2) is 243 Å². The van der Waals surface area contributed by atoms with Crippen LogP contribution in [0, 0.1) is 0 Å². The van der Waals surface area contributed by atoms with Crippen LogP contribution in [0.1, 0.15) is 49.9 Å². The quantitative estimate of drug-likeness (QED) is 0.165. The first-order valence-electron chi connectivity index (χ1n) is 27.7. The Morgan fingerprint density at radius 1 is 0.192 bits per heavy atom. The summed E-state index contributed by atoms with van der Waals surface area (Å²) in [5.41, 5.74) is 25.7. The lowest BCUT2D eigenvalue weighted by atomic mass is 9.59. The molecule has 0 saturated carbocycles. The lowest BCUT2D eigenvalue weighted by Crippen LogP contribution is -2.36. The first kappa shape index (κ1) is 43.8. The first-order valence-corrected chi connectivity index (χ1v) is 27.7. The van der Waals surface area contributed by atoms with Crippen molar-refractivity contribution in [2.75, 3.05) is 0 Å². The molecule has 0 aliphatic heterocycles. The lowest BCUT2D eigenvalue weighted by molar-refractivity contribution is 0.521. The third-order valence-corrected chi connectivity index (χ3v) is 18.7. The smallest absolute Gasteiger partial charge is 0.0153 e. The Kier molecular flexibility index (Phi) is 8.78. The van der Waals surface area contributed by atoms with Crippen molar-refractivity contribution in [3.05, 3.63) is 265 Å². The van der Waals surface area contributed by atoms with Gasteiger partial charge in [-0.25, -0.2) is 0 Å².